The number of hydrogen-bond donors (Lipinski definition) is 1. The van der Waals surface area contributed by atoms with E-state index in [0.717, 1.165) is 18.5 Å². The molecule has 0 bridgehead atoms. The number of aromatic nitrogens is 4. The molecule has 2 aromatic rings. The van der Waals surface area contributed by atoms with E-state index in [4.69, 9.17) is 5.11 Å². The molecule has 0 unspecified atom stereocenters. The van der Waals surface area contributed by atoms with Gasteiger partial charge in [-0.15, -0.1) is 0 Å². The standard InChI is InChI=1S/C12H14N4O2/c1-3-4-9-5-11(15-8(2)14-9)16-6-10(12(17)18)13-7-16/h5-7H,3-4H2,1-2H3,(H,17,18). The molecule has 0 saturated carbocycles. The molecule has 94 valence electrons. The lowest BCUT2D eigenvalue weighted by Gasteiger charge is -2.05. The molecule has 2 aromatic heterocycles. The van der Waals surface area contributed by atoms with Crippen molar-refractivity contribution in [2.75, 3.05) is 0 Å². The normalized spacial score (nSPS) is 10.6. The van der Waals surface area contributed by atoms with E-state index < -0.39 is 5.97 Å². The lowest BCUT2D eigenvalue weighted by Crippen LogP contribution is -2.02. The third-order valence-corrected chi connectivity index (χ3v) is 2.45. The van der Waals surface area contributed by atoms with E-state index in [1.54, 1.807) is 4.57 Å². The van der Waals surface area contributed by atoms with Crippen LogP contribution < -0.4 is 0 Å². The Kier molecular flexibility index (Phi) is 3.36. The molecule has 0 fully saturated rings. The molecule has 0 aliphatic carbocycles. The molecule has 0 radical (unpaired) electrons. The van der Waals surface area contributed by atoms with Crippen LogP contribution >= 0.6 is 0 Å². The minimum absolute atomic E-state index is 0.00306. The van der Waals surface area contributed by atoms with Crippen LogP contribution in [0, 0.1) is 6.92 Å². The van der Waals surface area contributed by atoms with E-state index in [1.807, 2.05) is 13.0 Å². The lowest BCUT2D eigenvalue weighted by atomic mass is 10.2. The van der Waals surface area contributed by atoms with Crippen molar-refractivity contribution < 1.29 is 9.90 Å². The van der Waals surface area contributed by atoms with Crippen LogP contribution in [0.4, 0.5) is 0 Å². The van der Waals surface area contributed by atoms with Crippen molar-refractivity contribution in [2.45, 2.75) is 26.7 Å². The van der Waals surface area contributed by atoms with Crippen LogP contribution in [0.2, 0.25) is 0 Å². The topological polar surface area (TPSA) is 80.9 Å². The fourth-order valence-corrected chi connectivity index (χ4v) is 1.69. The minimum Gasteiger partial charge on any atom is -0.476 e. The van der Waals surface area contributed by atoms with Crippen molar-refractivity contribution in [2.24, 2.45) is 0 Å². The molecule has 1 N–H and O–H groups in total. The zero-order valence-electron chi connectivity index (χ0n) is 10.3. The molecule has 2 heterocycles. The second kappa shape index (κ2) is 4.95. The highest BCUT2D eigenvalue weighted by Crippen LogP contribution is 2.10. The van der Waals surface area contributed by atoms with Crippen molar-refractivity contribution in [1.82, 2.24) is 19.5 Å². The van der Waals surface area contributed by atoms with Gasteiger partial charge in [0, 0.05) is 18.0 Å². The molecule has 0 atom stereocenters. The molecule has 0 amide bonds. The number of aryl methyl sites for hydroxylation is 2. The smallest absolute Gasteiger partial charge is 0.356 e. The molecular weight excluding hydrogens is 232 g/mol. The third kappa shape index (κ3) is 2.53. The van der Waals surface area contributed by atoms with Gasteiger partial charge in [0.1, 0.15) is 18.0 Å². The number of rotatable bonds is 4. The summed E-state index contributed by atoms with van der Waals surface area (Å²) in [7, 11) is 0. The Morgan fingerprint density at radius 3 is 2.83 bits per heavy atom. The lowest BCUT2D eigenvalue weighted by molar-refractivity contribution is 0.0691. The highest BCUT2D eigenvalue weighted by Gasteiger charge is 2.09. The van der Waals surface area contributed by atoms with E-state index in [0.29, 0.717) is 11.6 Å². The van der Waals surface area contributed by atoms with Crippen molar-refractivity contribution in [3.8, 4) is 5.82 Å². The summed E-state index contributed by atoms with van der Waals surface area (Å²) in [5, 5.41) is 8.83. The number of carbonyl (C=O) groups is 1. The summed E-state index contributed by atoms with van der Waals surface area (Å²) in [6, 6.07) is 1.85. The monoisotopic (exact) mass is 246 g/mol. The van der Waals surface area contributed by atoms with Crippen molar-refractivity contribution in [1.29, 1.82) is 0 Å². The van der Waals surface area contributed by atoms with E-state index in [2.05, 4.69) is 21.9 Å². The van der Waals surface area contributed by atoms with Crippen LogP contribution in [0.1, 0.15) is 35.4 Å². The summed E-state index contributed by atoms with van der Waals surface area (Å²) in [6.45, 7) is 3.90. The molecule has 2 rings (SSSR count). The average molecular weight is 246 g/mol. The maximum atomic E-state index is 10.8. The van der Waals surface area contributed by atoms with Gasteiger partial charge in [-0.2, -0.15) is 0 Å². The highest BCUT2D eigenvalue weighted by atomic mass is 16.4. The van der Waals surface area contributed by atoms with Gasteiger partial charge in [-0.25, -0.2) is 19.7 Å². The predicted molar refractivity (Wildman–Crippen MR) is 64.8 cm³/mol. The number of hydrogen-bond acceptors (Lipinski definition) is 4. The largest absolute Gasteiger partial charge is 0.476 e. The van der Waals surface area contributed by atoms with Crippen LogP contribution in [-0.4, -0.2) is 30.6 Å². The van der Waals surface area contributed by atoms with E-state index in [-0.39, 0.29) is 5.69 Å². The van der Waals surface area contributed by atoms with Gasteiger partial charge in [-0.1, -0.05) is 13.3 Å². The van der Waals surface area contributed by atoms with Gasteiger partial charge in [0.25, 0.3) is 0 Å². The van der Waals surface area contributed by atoms with Gasteiger partial charge in [-0.05, 0) is 13.3 Å². The van der Waals surface area contributed by atoms with Crippen LogP contribution in [0.3, 0.4) is 0 Å². The summed E-state index contributed by atoms with van der Waals surface area (Å²) in [5.74, 6) is 0.265. The van der Waals surface area contributed by atoms with Crippen LogP contribution in [0.5, 0.6) is 0 Å². The minimum atomic E-state index is -1.05. The van der Waals surface area contributed by atoms with E-state index in [9.17, 15) is 4.79 Å². The van der Waals surface area contributed by atoms with Crippen LogP contribution in [0.15, 0.2) is 18.6 Å². The molecular formula is C12H14N4O2. The molecule has 0 spiro atoms. The second-order valence-electron chi connectivity index (χ2n) is 3.99. The number of nitrogens with zero attached hydrogens (tertiary/aromatic N) is 4. The molecule has 18 heavy (non-hydrogen) atoms. The van der Waals surface area contributed by atoms with Gasteiger partial charge in [0.05, 0.1) is 0 Å². The maximum Gasteiger partial charge on any atom is 0.356 e. The van der Waals surface area contributed by atoms with Gasteiger partial charge in [0.15, 0.2) is 5.69 Å². The average Bonchev–Trinajstić information content (AvgIpc) is 2.78. The number of carboxylic acids is 1. The van der Waals surface area contributed by atoms with Gasteiger partial charge >= 0.3 is 5.97 Å². The molecule has 0 aliphatic heterocycles. The SMILES string of the molecule is CCCc1cc(-n2cnc(C(=O)O)c2)nc(C)n1. The molecule has 0 saturated heterocycles. The van der Waals surface area contributed by atoms with Gasteiger partial charge in [-0.3, -0.25) is 4.57 Å². The number of imidazole rings is 1. The maximum absolute atomic E-state index is 10.8. The Hall–Kier alpha value is -2.24. The summed E-state index contributed by atoms with van der Waals surface area (Å²) >= 11 is 0. The zero-order chi connectivity index (χ0) is 13.1. The molecule has 6 heteroatoms. The summed E-state index contributed by atoms with van der Waals surface area (Å²) in [5.41, 5.74) is 0.953. The first kappa shape index (κ1) is 12.2. The summed E-state index contributed by atoms with van der Waals surface area (Å²) in [4.78, 5) is 23.2. The highest BCUT2D eigenvalue weighted by molar-refractivity contribution is 5.85. The number of carboxylic acid groups (broad SMARTS) is 1. The molecule has 0 aromatic carbocycles. The van der Waals surface area contributed by atoms with Crippen molar-refractivity contribution in [3.63, 3.8) is 0 Å². The van der Waals surface area contributed by atoms with E-state index in [1.165, 1.54) is 12.5 Å². The molecule has 0 aliphatic rings. The predicted octanol–water partition coefficient (Wildman–Crippen LogP) is 1.62. The van der Waals surface area contributed by atoms with Crippen LogP contribution in [-0.2, 0) is 6.42 Å². The number of aromatic carboxylic acids is 1. The van der Waals surface area contributed by atoms with E-state index >= 15 is 0 Å². The first-order chi connectivity index (χ1) is 8.60. The van der Waals surface area contributed by atoms with Gasteiger partial charge in [0.2, 0.25) is 0 Å². The second-order valence-corrected chi connectivity index (χ2v) is 3.99. The van der Waals surface area contributed by atoms with Crippen molar-refractivity contribution in [3.05, 3.63) is 35.8 Å². The summed E-state index contributed by atoms with van der Waals surface area (Å²) in [6.07, 6.45) is 4.76. The summed E-state index contributed by atoms with van der Waals surface area (Å²) < 4.78 is 1.59. The Morgan fingerprint density at radius 1 is 1.44 bits per heavy atom. The first-order valence-corrected chi connectivity index (χ1v) is 5.72. The van der Waals surface area contributed by atoms with Crippen molar-refractivity contribution >= 4 is 5.97 Å². The Balaban J connectivity index is 2.39. The van der Waals surface area contributed by atoms with Gasteiger partial charge < -0.3 is 5.11 Å². The molecule has 6 nitrogen and oxygen atoms in total. The Labute approximate surface area is 104 Å². The first-order valence-electron chi connectivity index (χ1n) is 5.72. The van der Waals surface area contributed by atoms with Crippen LogP contribution in [0.25, 0.3) is 5.82 Å². The fraction of sp³-hybridized carbons (Fsp3) is 0.333. The third-order valence-electron chi connectivity index (χ3n) is 2.45. The Morgan fingerprint density at radius 2 is 2.22 bits per heavy atom. The zero-order valence-corrected chi connectivity index (χ0v) is 10.3. The Bertz CT molecular complexity index is 577. The quantitative estimate of drug-likeness (QED) is 0.886. The fourth-order valence-electron chi connectivity index (χ4n) is 1.69.